The molecule has 0 saturated carbocycles. The second kappa shape index (κ2) is 5.52. The fourth-order valence-corrected chi connectivity index (χ4v) is 2.16. The van der Waals surface area contributed by atoms with Crippen molar-refractivity contribution >= 4 is 28.9 Å². The number of nitrogen functional groups attached to an aromatic ring is 1. The van der Waals surface area contributed by atoms with Gasteiger partial charge in [-0.25, -0.2) is 0 Å². The van der Waals surface area contributed by atoms with E-state index < -0.39 is 0 Å². The van der Waals surface area contributed by atoms with Gasteiger partial charge < -0.3 is 11.5 Å². The summed E-state index contributed by atoms with van der Waals surface area (Å²) in [6.07, 6.45) is 5.38. The maximum Gasteiger partial charge on any atom is 0.0761 e. The van der Waals surface area contributed by atoms with Crippen molar-refractivity contribution in [3.8, 4) is 0 Å². The van der Waals surface area contributed by atoms with Crippen LogP contribution < -0.4 is 11.5 Å². The van der Waals surface area contributed by atoms with Crippen molar-refractivity contribution in [2.24, 2.45) is 5.73 Å². The van der Waals surface area contributed by atoms with Crippen molar-refractivity contribution in [1.82, 2.24) is 9.97 Å². The van der Waals surface area contributed by atoms with Crippen molar-refractivity contribution in [3.63, 3.8) is 0 Å². The first kappa shape index (κ1) is 13.1. The normalized spacial score (nSPS) is 12.4. The quantitative estimate of drug-likeness (QED) is 0.907. The molecule has 6 heteroatoms. The van der Waals surface area contributed by atoms with Crippen molar-refractivity contribution in [3.05, 3.63) is 52.0 Å². The fourth-order valence-electron chi connectivity index (χ4n) is 1.64. The maximum atomic E-state index is 6.07. The van der Waals surface area contributed by atoms with Gasteiger partial charge in [0.2, 0.25) is 0 Å². The Morgan fingerprint density at radius 3 is 2.72 bits per heavy atom. The molecule has 2 aromatic rings. The molecule has 0 bridgehead atoms. The Morgan fingerprint density at radius 1 is 1.28 bits per heavy atom. The van der Waals surface area contributed by atoms with Crippen molar-refractivity contribution in [1.29, 1.82) is 0 Å². The Labute approximate surface area is 115 Å². The Bertz CT molecular complexity index is 560. The Morgan fingerprint density at radius 2 is 2.06 bits per heavy atom. The van der Waals surface area contributed by atoms with Gasteiger partial charge in [0.05, 0.1) is 21.8 Å². The summed E-state index contributed by atoms with van der Waals surface area (Å²) in [7, 11) is 0. The summed E-state index contributed by atoms with van der Waals surface area (Å²) >= 11 is 11.8. The number of anilines is 1. The number of hydrogen-bond donors (Lipinski definition) is 2. The third-order valence-electron chi connectivity index (χ3n) is 2.57. The molecular weight excluding hydrogens is 271 g/mol. The third kappa shape index (κ3) is 2.90. The van der Waals surface area contributed by atoms with E-state index in [9.17, 15) is 0 Å². The third-order valence-corrected chi connectivity index (χ3v) is 3.08. The Kier molecular flexibility index (Phi) is 4.01. The van der Waals surface area contributed by atoms with E-state index in [2.05, 4.69) is 9.97 Å². The molecule has 4 N–H and O–H groups in total. The highest BCUT2D eigenvalue weighted by atomic mass is 35.5. The minimum atomic E-state index is -0.346. The zero-order chi connectivity index (χ0) is 13.1. The van der Waals surface area contributed by atoms with Gasteiger partial charge in [0.25, 0.3) is 0 Å². The average molecular weight is 283 g/mol. The van der Waals surface area contributed by atoms with Crippen LogP contribution >= 0.6 is 23.2 Å². The molecule has 2 heterocycles. The van der Waals surface area contributed by atoms with Gasteiger partial charge in [-0.3, -0.25) is 9.97 Å². The average Bonchev–Trinajstić information content (AvgIpc) is 2.32. The largest absolute Gasteiger partial charge is 0.398 e. The first-order valence-electron chi connectivity index (χ1n) is 5.33. The Balaban J connectivity index is 2.22. The van der Waals surface area contributed by atoms with Gasteiger partial charge in [-0.1, -0.05) is 23.2 Å². The summed E-state index contributed by atoms with van der Waals surface area (Å²) in [6.45, 7) is 0. The molecule has 0 saturated heterocycles. The molecule has 2 rings (SSSR count). The molecule has 1 unspecified atom stereocenters. The van der Waals surface area contributed by atoms with Gasteiger partial charge >= 0.3 is 0 Å². The molecule has 0 aliphatic carbocycles. The zero-order valence-electron chi connectivity index (χ0n) is 9.48. The summed E-state index contributed by atoms with van der Waals surface area (Å²) in [5.74, 6) is 0. The summed E-state index contributed by atoms with van der Waals surface area (Å²) in [5, 5.41) is 0.939. The van der Waals surface area contributed by atoms with Crippen LogP contribution in [0.25, 0.3) is 0 Å². The number of hydrogen-bond acceptors (Lipinski definition) is 4. The van der Waals surface area contributed by atoms with E-state index in [-0.39, 0.29) is 6.04 Å². The molecule has 0 aromatic carbocycles. The summed E-state index contributed by atoms with van der Waals surface area (Å²) in [4.78, 5) is 8.17. The monoisotopic (exact) mass is 282 g/mol. The molecule has 94 valence electrons. The molecule has 4 nitrogen and oxygen atoms in total. The van der Waals surface area contributed by atoms with E-state index in [1.807, 2.05) is 0 Å². The van der Waals surface area contributed by atoms with Gasteiger partial charge in [0.15, 0.2) is 0 Å². The van der Waals surface area contributed by atoms with Crippen LogP contribution in [0.15, 0.2) is 30.7 Å². The molecule has 18 heavy (non-hydrogen) atoms. The summed E-state index contributed by atoms with van der Waals surface area (Å²) in [5.41, 5.74) is 14.0. The van der Waals surface area contributed by atoms with Crippen LogP contribution in [0.2, 0.25) is 10.0 Å². The van der Waals surface area contributed by atoms with Crippen LogP contribution in [0, 0.1) is 0 Å². The summed E-state index contributed by atoms with van der Waals surface area (Å²) < 4.78 is 0. The molecule has 0 radical (unpaired) electrons. The van der Waals surface area contributed by atoms with Crippen molar-refractivity contribution in [2.75, 3.05) is 5.73 Å². The first-order chi connectivity index (χ1) is 8.58. The lowest BCUT2D eigenvalue weighted by Gasteiger charge is -2.13. The van der Waals surface area contributed by atoms with E-state index in [0.29, 0.717) is 27.8 Å². The number of halogens is 2. The highest BCUT2D eigenvalue weighted by Gasteiger charge is 2.14. The van der Waals surface area contributed by atoms with E-state index >= 15 is 0 Å². The molecule has 0 spiro atoms. The standard InChI is InChI=1S/C12H12Cl2N4/c13-8-4-9(14)12(18-6-8)11(16)3-7-5-17-2-1-10(7)15/h1-2,4-6,11H,3,16H2,(H2,15,17). The Hall–Kier alpha value is -1.36. The lowest BCUT2D eigenvalue weighted by atomic mass is 10.0. The first-order valence-corrected chi connectivity index (χ1v) is 6.08. The molecule has 0 amide bonds. The highest BCUT2D eigenvalue weighted by molar-refractivity contribution is 6.34. The fraction of sp³-hybridized carbons (Fsp3) is 0.167. The maximum absolute atomic E-state index is 6.07. The van der Waals surface area contributed by atoms with E-state index in [4.69, 9.17) is 34.7 Å². The van der Waals surface area contributed by atoms with Crippen LogP contribution in [-0.2, 0) is 6.42 Å². The van der Waals surface area contributed by atoms with Crippen LogP contribution in [-0.4, -0.2) is 9.97 Å². The smallest absolute Gasteiger partial charge is 0.0761 e. The topological polar surface area (TPSA) is 77.8 Å². The number of nitrogens with zero attached hydrogens (tertiary/aromatic N) is 2. The molecule has 0 aliphatic rings. The van der Waals surface area contributed by atoms with Crippen LogP contribution in [0.3, 0.4) is 0 Å². The second-order valence-corrected chi connectivity index (χ2v) is 4.75. The molecule has 0 fully saturated rings. The van der Waals surface area contributed by atoms with Gasteiger partial charge in [-0.2, -0.15) is 0 Å². The van der Waals surface area contributed by atoms with Gasteiger partial charge in [0, 0.05) is 24.3 Å². The zero-order valence-corrected chi connectivity index (χ0v) is 11.0. The van der Waals surface area contributed by atoms with Crippen LogP contribution in [0.5, 0.6) is 0 Å². The SMILES string of the molecule is Nc1ccncc1CC(N)c1ncc(Cl)cc1Cl. The predicted molar refractivity (Wildman–Crippen MR) is 73.5 cm³/mol. The molecular formula is C12H12Cl2N4. The van der Waals surface area contributed by atoms with Crippen LogP contribution in [0.4, 0.5) is 5.69 Å². The van der Waals surface area contributed by atoms with Crippen molar-refractivity contribution < 1.29 is 0 Å². The molecule has 0 aliphatic heterocycles. The van der Waals surface area contributed by atoms with Crippen LogP contribution in [0.1, 0.15) is 17.3 Å². The second-order valence-electron chi connectivity index (χ2n) is 3.91. The molecule has 2 aromatic heterocycles. The minimum Gasteiger partial charge on any atom is -0.398 e. The number of rotatable bonds is 3. The predicted octanol–water partition coefficient (Wildman–Crippen LogP) is 2.61. The van der Waals surface area contributed by atoms with Gasteiger partial charge in [0.1, 0.15) is 0 Å². The van der Waals surface area contributed by atoms with E-state index in [0.717, 1.165) is 5.56 Å². The van der Waals surface area contributed by atoms with Gasteiger partial charge in [-0.15, -0.1) is 0 Å². The van der Waals surface area contributed by atoms with Gasteiger partial charge in [-0.05, 0) is 24.1 Å². The number of aromatic nitrogens is 2. The highest BCUT2D eigenvalue weighted by Crippen LogP contribution is 2.25. The van der Waals surface area contributed by atoms with E-state index in [1.54, 1.807) is 24.5 Å². The number of pyridine rings is 2. The lowest BCUT2D eigenvalue weighted by Crippen LogP contribution is -2.16. The van der Waals surface area contributed by atoms with E-state index in [1.165, 1.54) is 6.20 Å². The summed E-state index contributed by atoms with van der Waals surface area (Å²) in [6, 6.07) is 3.01. The number of nitrogens with two attached hydrogens (primary N) is 2. The minimum absolute atomic E-state index is 0.346. The van der Waals surface area contributed by atoms with Crippen molar-refractivity contribution in [2.45, 2.75) is 12.5 Å². The lowest BCUT2D eigenvalue weighted by molar-refractivity contribution is 0.696. The molecule has 1 atom stereocenters.